The van der Waals surface area contributed by atoms with Crippen molar-refractivity contribution in [2.45, 2.75) is 26.7 Å². The van der Waals surface area contributed by atoms with Crippen LogP contribution in [-0.2, 0) is 13.5 Å². The Kier molecular flexibility index (Phi) is 2.69. The molecule has 0 saturated heterocycles. The monoisotopic (exact) mass is 152 g/mol. The molecule has 62 valence electrons. The summed E-state index contributed by atoms with van der Waals surface area (Å²) in [6.07, 6.45) is 4.34. The Labute approximate surface area is 68.2 Å². The first-order valence-electron chi connectivity index (χ1n) is 4.17. The van der Waals surface area contributed by atoms with Crippen molar-refractivity contribution in [3.05, 3.63) is 18.0 Å². The van der Waals surface area contributed by atoms with Crippen molar-refractivity contribution < 1.29 is 0 Å². The van der Waals surface area contributed by atoms with E-state index in [0.29, 0.717) is 0 Å². The third kappa shape index (κ3) is 2.74. The van der Waals surface area contributed by atoms with E-state index in [-0.39, 0.29) is 0 Å². The molecule has 0 spiro atoms. The normalized spacial score (nSPS) is 10.9. The van der Waals surface area contributed by atoms with Crippen LogP contribution in [0.3, 0.4) is 0 Å². The van der Waals surface area contributed by atoms with Crippen LogP contribution in [0, 0.1) is 5.92 Å². The summed E-state index contributed by atoms with van der Waals surface area (Å²) >= 11 is 0. The summed E-state index contributed by atoms with van der Waals surface area (Å²) in [5.41, 5.74) is 1.21. The summed E-state index contributed by atoms with van der Waals surface area (Å²) in [4.78, 5) is 0. The van der Waals surface area contributed by atoms with Crippen molar-refractivity contribution in [3.8, 4) is 0 Å². The van der Waals surface area contributed by atoms with Gasteiger partial charge >= 0.3 is 0 Å². The molecular weight excluding hydrogens is 136 g/mol. The zero-order valence-corrected chi connectivity index (χ0v) is 7.54. The van der Waals surface area contributed by atoms with E-state index in [0.717, 1.165) is 12.3 Å². The Morgan fingerprint density at radius 2 is 2.27 bits per heavy atom. The predicted molar refractivity (Wildman–Crippen MR) is 46.4 cm³/mol. The average Bonchev–Trinajstić information content (AvgIpc) is 2.31. The molecule has 0 amide bonds. The molecule has 1 rings (SSSR count). The maximum Gasteiger partial charge on any atom is 0.0624 e. The molecule has 0 N–H and O–H groups in total. The maximum absolute atomic E-state index is 4.30. The molecule has 11 heavy (non-hydrogen) atoms. The third-order valence-electron chi connectivity index (χ3n) is 1.75. The van der Waals surface area contributed by atoms with Crippen LogP contribution in [0.25, 0.3) is 0 Å². The molecule has 0 aliphatic rings. The number of rotatable bonds is 3. The van der Waals surface area contributed by atoms with Crippen LogP contribution in [0.2, 0.25) is 0 Å². The summed E-state index contributed by atoms with van der Waals surface area (Å²) in [6, 6.07) is 2.09. The second-order valence-electron chi connectivity index (χ2n) is 3.41. The smallest absolute Gasteiger partial charge is 0.0624 e. The van der Waals surface area contributed by atoms with E-state index >= 15 is 0 Å². The van der Waals surface area contributed by atoms with Crippen LogP contribution in [-0.4, -0.2) is 9.78 Å². The number of nitrogens with zero attached hydrogens (tertiary/aromatic N) is 2. The third-order valence-corrected chi connectivity index (χ3v) is 1.75. The quantitative estimate of drug-likeness (QED) is 0.647. The Morgan fingerprint density at radius 1 is 1.55 bits per heavy atom. The minimum absolute atomic E-state index is 0.775. The molecule has 0 unspecified atom stereocenters. The highest BCUT2D eigenvalue weighted by Crippen LogP contribution is 2.05. The van der Waals surface area contributed by atoms with Gasteiger partial charge in [-0.1, -0.05) is 13.8 Å². The number of aromatic nitrogens is 2. The lowest BCUT2D eigenvalue weighted by Crippen LogP contribution is -1.94. The van der Waals surface area contributed by atoms with Gasteiger partial charge in [-0.05, 0) is 24.8 Å². The average molecular weight is 152 g/mol. The van der Waals surface area contributed by atoms with Gasteiger partial charge in [0.25, 0.3) is 0 Å². The van der Waals surface area contributed by atoms with E-state index in [4.69, 9.17) is 0 Å². The van der Waals surface area contributed by atoms with Gasteiger partial charge in [0, 0.05) is 13.2 Å². The largest absolute Gasteiger partial charge is 0.276 e. The van der Waals surface area contributed by atoms with Gasteiger partial charge in [-0.2, -0.15) is 5.10 Å². The molecule has 0 atom stereocenters. The minimum atomic E-state index is 0.775. The molecule has 0 fully saturated rings. The Hall–Kier alpha value is -0.790. The van der Waals surface area contributed by atoms with Crippen molar-refractivity contribution in [2.24, 2.45) is 13.0 Å². The zero-order valence-electron chi connectivity index (χ0n) is 7.54. The van der Waals surface area contributed by atoms with Gasteiger partial charge in [0.15, 0.2) is 0 Å². The van der Waals surface area contributed by atoms with Crippen molar-refractivity contribution in [2.75, 3.05) is 0 Å². The maximum atomic E-state index is 4.30. The molecule has 1 aromatic rings. The Bertz CT molecular complexity index is 213. The summed E-state index contributed by atoms with van der Waals surface area (Å²) in [5.74, 6) is 0.775. The summed E-state index contributed by atoms with van der Waals surface area (Å²) in [7, 11) is 1.96. The number of hydrogen-bond donors (Lipinski definition) is 0. The van der Waals surface area contributed by atoms with Crippen LogP contribution in [0.5, 0.6) is 0 Å². The fourth-order valence-electron chi connectivity index (χ4n) is 1.03. The van der Waals surface area contributed by atoms with Crippen LogP contribution >= 0.6 is 0 Å². The molecule has 0 saturated carbocycles. The SMILES string of the molecule is CC(C)CCc1ccn(C)n1. The molecule has 2 nitrogen and oxygen atoms in total. The van der Waals surface area contributed by atoms with Crippen LogP contribution in [0.1, 0.15) is 26.0 Å². The first-order valence-corrected chi connectivity index (χ1v) is 4.17. The highest BCUT2D eigenvalue weighted by atomic mass is 15.2. The first-order chi connectivity index (χ1) is 5.18. The van der Waals surface area contributed by atoms with E-state index < -0.39 is 0 Å². The van der Waals surface area contributed by atoms with Gasteiger partial charge in [-0.15, -0.1) is 0 Å². The minimum Gasteiger partial charge on any atom is -0.276 e. The molecule has 1 aromatic heterocycles. The first kappa shape index (κ1) is 8.31. The van der Waals surface area contributed by atoms with Crippen molar-refractivity contribution in [1.82, 2.24) is 9.78 Å². The van der Waals surface area contributed by atoms with Crippen LogP contribution in [0.4, 0.5) is 0 Å². The Balaban J connectivity index is 2.39. The van der Waals surface area contributed by atoms with Gasteiger partial charge in [-0.25, -0.2) is 0 Å². The van der Waals surface area contributed by atoms with E-state index in [1.165, 1.54) is 12.1 Å². The molecular formula is C9H16N2. The molecule has 2 heteroatoms. The second kappa shape index (κ2) is 3.56. The lowest BCUT2D eigenvalue weighted by Gasteiger charge is -2.00. The number of aryl methyl sites for hydroxylation is 2. The highest BCUT2D eigenvalue weighted by Gasteiger charge is 1.98. The van der Waals surface area contributed by atoms with E-state index in [2.05, 4.69) is 25.0 Å². The molecule has 0 bridgehead atoms. The van der Waals surface area contributed by atoms with Crippen LogP contribution in [0.15, 0.2) is 12.3 Å². The van der Waals surface area contributed by atoms with Crippen molar-refractivity contribution >= 4 is 0 Å². The fraction of sp³-hybridized carbons (Fsp3) is 0.667. The van der Waals surface area contributed by atoms with Crippen molar-refractivity contribution in [1.29, 1.82) is 0 Å². The summed E-state index contributed by atoms with van der Waals surface area (Å²) in [6.45, 7) is 4.48. The van der Waals surface area contributed by atoms with E-state index in [9.17, 15) is 0 Å². The van der Waals surface area contributed by atoms with Crippen LogP contribution < -0.4 is 0 Å². The predicted octanol–water partition coefficient (Wildman–Crippen LogP) is 2.01. The molecule has 1 heterocycles. The highest BCUT2D eigenvalue weighted by molar-refractivity contribution is 4.98. The van der Waals surface area contributed by atoms with Gasteiger partial charge in [0.05, 0.1) is 5.69 Å². The molecule has 0 radical (unpaired) electrons. The van der Waals surface area contributed by atoms with Gasteiger partial charge in [0.1, 0.15) is 0 Å². The topological polar surface area (TPSA) is 17.8 Å². The van der Waals surface area contributed by atoms with Crippen molar-refractivity contribution in [3.63, 3.8) is 0 Å². The van der Waals surface area contributed by atoms with Gasteiger partial charge < -0.3 is 0 Å². The lowest BCUT2D eigenvalue weighted by atomic mass is 10.1. The molecule has 0 aliphatic carbocycles. The van der Waals surface area contributed by atoms with E-state index in [1.807, 2.05) is 17.9 Å². The Morgan fingerprint density at radius 3 is 2.73 bits per heavy atom. The standard InChI is InChI=1S/C9H16N2/c1-8(2)4-5-9-6-7-11(3)10-9/h6-8H,4-5H2,1-3H3. The summed E-state index contributed by atoms with van der Waals surface area (Å²) < 4.78 is 1.86. The molecule has 0 aliphatic heterocycles. The fourth-order valence-corrected chi connectivity index (χ4v) is 1.03. The zero-order chi connectivity index (χ0) is 8.27. The molecule has 0 aromatic carbocycles. The number of hydrogen-bond acceptors (Lipinski definition) is 1. The lowest BCUT2D eigenvalue weighted by molar-refractivity contribution is 0.576. The second-order valence-corrected chi connectivity index (χ2v) is 3.41. The van der Waals surface area contributed by atoms with Gasteiger partial charge in [0.2, 0.25) is 0 Å². The van der Waals surface area contributed by atoms with Gasteiger partial charge in [-0.3, -0.25) is 4.68 Å². The van der Waals surface area contributed by atoms with E-state index in [1.54, 1.807) is 0 Å². The summed E-state index contributed by atoms with van der Waals surface area (Å²) in [5, 5.41) is 4.30.